The number of rotatable bonds is 6. The molecule has 3 aromatic heterocycles. The van der Waals surface area contributed by atoms with Gasteiger partial charge in [0.15, 0.2) is 5.69 Å². The van der Waals surface area contributed by atoms with E-state index < -0.39 is 24.0 Å². The number of carbonyl (C=O) groups excluding carboxylic acids is 1. The fourth-order valence-corrected chi connectivity index (χ4v) is 3.73. The fourth-order valence-electron chi connectivity index (χ4n) is 3.73. The lowest BCUT2D eigenvalue weighted by molar-refractivity contribution is -0.172. The number of nitrogens with zero attached hydrogens (tertiary/aromatic N) is 4. The standard InChI is InChI=1S/C22H22F3N5O3/c1-12-3-4-14(10-26-12)20-17(13(2)33-30-20)11-32-19-8-7-18(28-29-19)21(31)27-16-6-5-15(9-16)22(23,24)25/h3-4,7-8,10,15-16H,5-6,9,11H2,1-2H3,(H,27,31)/t15?,16-/m0/s1. The summed E-state index contributed by atoms with van der Waals surface area (Å²) in [5.74, 6) is -1.18. The van der Waals surface area contributed by atoms with Gasteiger partial charge in [0.2, 0.25) is 5.88 Å². The minimum absolute atomic E-state index is 0.00499. The molecule has 33 heavy (non-hydrogen) atoms. The van der Waals surface area contributed by atoms with Crippen LogP contribution in [0.2, 0.25) is 0 Å². The molecule has 4 rings (SSSR count). The van der Waals surface area contributed by atoms with Gasteiger partial charge in [0.05, 0.1) is 11.5 Å². The van der Waals surface area contributed by atoms with Crippen molar-refractivity contribution in [1.29, 1.82) is 0 Å². The Kier molecular flexibility index (Phi) is 6.30. The Hall–Kier alpha value is -3.50. The molecule has 1 aliphatic carbocycles. The second-order valence-corrected chi connectivity index (χ2v) is 8.02. The van der Waals surface area contributed by atoms with Crippen molar-refractivity contribution in [3.05, 3.63) is 53.2 Å². The van der Waals surface area contributed by atoms with Crippen molar-refractivity contribution in [2.45, 2.75) is 51.9 Å². The Morgan fingerprint density at radius 3 is 2.64 bits per heavy atom. The number of ether oxygens (including phenoxy) is 1. The van der Waals surface area contributed by atoms with E-state index in [-0.39, 0.29) is 37.4 Å². The number of pyridine rings is 1. The van der Waals surface area contributed by atoms with Gasteiger partial charge in [-0.3, -0.25) is 9.78 Å². The minimum Gasteiger partial charge on any atom is -0.472 e. The molecule has 1 saturated carbocycles. The SMILES string of the molecule is Cc1ccc(-c2noc(C)c2COc2ccc(C(=O)N[C@H]3CCC(C(F)(F)F)C3)nn2)cn1. The van der Waals surface area contributed by atoms with Crippen molar-refractivity contribution in [1.82, 2.24) is 25.7 Å². The second-order valence-electron chi connectivity index (χ2n) is 8.02. The summed E-state index contributed by atoms with van der Waals surface area (Å²) >= 11 is 0. The third-order valence-corrected chi connectivity index (χ3v) is 5.64. The van der Waals surface area contributed by atoms with E-state index in [1.807, 2.05) is 19.1 Å². The van der Waals surface area contributed by atoms with Gasteiger partial charge in [-0.05, 0) is 51.3 Å². The zero-order chi connectivity index (χ0) is 23.6. The summed E-state index contributed by atoms with van der Waals surface area (Å²) in [6.45, 7) is 3.76. The highest BCUT2D eigenvalue weighted by Gasteiger charge is 2.44. The van der Waals surface area contributed by atoms with Crippen molar-refractivity contribution >= 4 is 5.91 Å². The third-order valence-electron chi connectivity index (χ3n) is 5.64. The van der Waals surface area contributed by atoms with Crippen LogP contribution in [-0.4, -0.2) is 38.5 Å². The summed E-state index contributed by atoms with van der Waals surface area (Å²) in [4.78, 5) is 16.6. The molecular formula is C22H22F3N5O3. The van der Waals surface area contributed by atoms with Gasteiger partial charge >= 0.3 is 6.18 Å². The summed E-state index contributed by atoms with van der Waals surface area (Å²) in [7, 11) is 0. The van der Waals surface area contributed by atoms with E-state index in [1.54, 1.807) is 13.1 Å². The summed E-state index contributed by atoms with van der Waals surface area (Å²) in [5, 5.41) is 14.4. The molecule has 1 fully saturated rings. The van der Waals surface area contributed by atoms with Gasteiger partial charge in [-0.25, -0.2) is 0 Å². The van der Waals surface area contributed by atoms with Crippen molar-refractivity contribution in [2.75, 3.05) is 0 Å². The van der Waals surface area contributed by atoms with E-state index in [2.05, 4.69) is 25.7 Å². The van der Waals surface area contributed by atoms with Crippen LogP contribution in [0, 0.1) is 19.8 Å². The summed E-state index contributed by atoms with van der Waals surface area (Å²) < 4.78 is 49.4. The van der Waals surface area contributed by atoms with Gasteiger partial charge in [-0.1, -0.05) is 5.16 Å². The lowest BCUT2D eigenvalue weighted by Gasteiger charge is -2.15. The fraction of sp³-hybridized carbons (Fsp3) is 0.409. The average molecular weight is 461 g/mol. The molecule has 0 bridgehead atoms. The molecule has 0 aliphatic heterocycles. The molecule has 3 aromatic rings. The van der Waals surface area contributed by atoms with Crippen LogP contribution in [0.4, 0.5) is 13.2 Å². The maximum atomic E-state index is 12.8. The number of carbonyl (C=O) groups is 1. The van der Waals surface area contributed by atoms with Crippen LogP contribution in [0.3, 0.4) is 0 Å². The van der Waals surface area contributed by atoms with Gasteiger partial charge in [0.1, 0.15) is 18.1 Å². The van der Waals surface area contributed by atoms with E-state index in [9.17, 15) is 18.0 Å². The van der Waals surface area contributed by atoms with Gasteiger partial charge in [-0.2, -0.15) is 13.2 Å². The molecular weight excluding hydrogens is 439 g/mol. The van der Waals surface area contributed by atoms with Crippen LogP contribution in [-0.2, 0) is 6.61 Å². The Labute approximate surface area is 187 Å². The second kappa shape index (κ2) is 9.16. The number of alkyl halides is 3. The van der Waals surface area contributed by atoms with Crippen LogP contribution < -0.4 is 10.1 Å². The number of aryl methyl sites for hydroxylation is 2. The number of hydrogen-bond acceptors (Lipinski definition) is 7. The van der Waals surface area contributed by atoms with E-state index in [0.29, 0.717) is 11.5 Å². The zero-order valence-electron chi connectivity index (χ0n) is 18.0. The molecule has 0 spiro atoms. The highest BCUT2D eigenvalue weighted by atomic mass is 19.4. The lowest BCUT2D eigenvalue weighted by atomic mass is 10.1. The van der Waals surface area contributed by atoms with Crippen LogP contribution >= 0.6 is 0 Å². The molecule has 174 valence electrons. The van der Waals surface area contributed by atoms with Gasteiger partial charge < -0.3 is 14.6 Å². The summed E-state index contributed by atoms with van der Waals surface area (Å²) in [5.41, 5.74) is 3.01. The molecule has 1 amide bonds. The van der Waals surface area contributed by atoms with E-state index >= 15 is 0 Å². The number of nitrogens with one attached hydrogen (secondary N) is 1. The van der Waals surface area contributed by atoms with Crippen molar-refractivity contribution in [3.63, 3.8) is 0 Å². The van der Waals surface area contributed by atoms with Gasteiger partial charge in [-0.15, -0.1) is 10.2 Å². The first-order valence-corrected chi connectivity index (χ1v) is 10.4. The molecule has 0 aromatic carbocycles. The average Bonchev–Trinajstić information content (AvgIpc) is 3.40. The zero-order valence-corrected chi connectivity index (χ0v) is 18.0. The predicted octanol–water partition coefficient (Wildman–Crippen LogP) is 4.18. The highest BCUT2D eigenvalue weighted by molar-refractivity contribution is 5.92. The topological polar surface area (TPSA) is 103 Å². The molecule has 0 radical (unpaired) electrons. The number of hydrogen-bond donors (Lipinski definition) is 1. The first-order valence-electron chi connectivity index (χ1n) is 10.4. The monoisotopic (exact) mass is 461 g/mol. The maximum absolute atomic E-state index is 12.8. The molecule has 2 atom stereocenters. The molecule has 3 heterocycles. The third kappa shape index (κ3) is 5.29. The van der Waals surface area contributed by atoms with E-state index in [4.69, 9.17) is 9.26 Å². The molecule has 11 heteroatoms. The van der Waals surface area contributed by atoms with Crippen LogP contribution in [0.15, 0.2) is 35.0 Å². The lowest BCUT2D eigenvalue weighted by Crippen LogP contribution is -2.34. The van der Waals surface area contributed by atoms with E-state index in [1.165, 1.54) is 12.1 Å². The van der Waals surface area contributed by atoms with Gasteiger partial charge in [0, 0.05) is 29.6 Å². The molecule has 8 nitrogen and oxygen atoms in total. The van der Waals surface area contributed by atoms with Crippen LogP contribution in [0.5, 0.6) is 5.88 Å². The molecule has 1 aliphatic rings. The predicted molar refractivity (Wildman–Crippen MR) is 110 cm³/mol. The first-order chi connectivity index (χ1) is 15.7. The number of amides is 1. The normalized spacial score (nSPS) is 18.3. The number of aromatic nitrogens is 4. The first kappa shape index (κ1) is 22.7. The van der Waals surface area contributed by atoms with Gasteiger partial charge in [0.25, 0.3) is 5.91 Å². The van der Waals surface area contributed by atoms with Crippen LogP contribution in [0.25, 0.3) is 11.3 Å². The Morgan fingerprint density at radius 1 is 1.18 bits per heavy atom. The Balaban J connectivity index is 1.36. The minimum atomic E-state index is -4.24. The smallest absolute Gasteiger partial charge is 0.391 e. The highest BCUT2D eigenvalue weighted by Crippen LogP contribution is 2.38. The number of halogens is 3. The Bertz CT molecular complexity index is 1110. The van der Waals surface area contributed by atoms with E-state index in [0.717, 1.165) is 16.8 Å². The largest absolute Gasteiger partial charge is 0.472 e. The van der Waals surface area contributed by atoms with Crippen molar-refractivity contribution in [2.24, 2.45) is 5.92 Å². The molecule has 1 unspecified atom stereocenters. The van der Waals surface area contributed by atoms with Crippen LogP contribution in [0.1, 0.15) is 46.8 Å². The molecule has 0 saturated heterocycles. The van der Waals surface area contributed by atoms with Crippen molar-refractivity contribution in [3.8, 4) is 17.1 Å². The summed E-state index contributed by atoms with van der Waals surface area (Å²) in [6.07, 6.45) is -2.38. The Morgan fingerprint density at radius 2 is 2.00 bits per heavy atom. The maximum Gasteiger partial charge on any atom is 0.391 e. The molecule has 1 N–H and O–H groups in total. The quantitative estimate of drug-likeness (QED) is 0.587. The summed E-state index contributed by atoms with van der Waals surface area (Å²) in [6, 6.07) is 6.11. The van der Waals surface area contributed by atoms with Crippen molar-refractivity contribution < 1.29 is 27.2 Å².